The summed E-state index contributed by atoms with van der Waals surface area (Å²) in [4.78, 5) is 45.7. The SMILES string of the molecule is COc1ccc(C#Cc2cc(C(N)=O)c(NC(N)=O)s2)cc1.COc1ccc(C#Cc2cc(C(N)=O)c(NC(N)=O)s2)cc1. The van der Waals surface area contributed by atoms with Crippen molar-refractivity contribution in [2.75, 3.05) is 24.9 Å². The number of amides is 6. The predicted molar refractivity (Wildman–Crippen MR) is 170 cm³/mol. The fourth-order valence-corrected chi connectivity index (χ4v) is 5.14. The van der Waals surface area contributed by atoms with Crippen LogP contribution >= 0.6 is 22.7 Å². The summed E-state index contributed by atoms with van der Waals surface area (Å²) < 4.78 is 10.1. The first-order valence-corrected chi connectivity index (χ1v) is 13.9. The van der Waals surface area contributed by atoms with Crippen molar-refractivity contribution in [2.24, 2.45) is 22.9 Å². The number of urea groups is 2. The molecule has 0 atom stereocenters. The van der Waals surface area contributed by atoms with E-state index in [0.29, 0.717) is 19.8 Å². The van der Waals surface area contributed by atoms with Gasteiger partial charge in [-0.3, -0.25) is 20.2 Å². The minimum absolute atomic E-state index is 0.183. The van der Waals surface area contributed by atoms with Crippen molar-refractivity contribution in [2.45, 2.75) is 0 Å². The lowest BCUT2D eigenvalue weighted by Gasteiger charge is -1.98. The number of anilines is 2. The molecule has 12 nitrogen and oxygen atoms in total. The van der Waals surface area contributed by atoms with Gasteiger partial charge in [0.05, 0.1) is 35.1 Å². The van der Waals surface area contributed by atoms with Crippen molar-refractivity contribution in [3.05, 3.63) is 92.7 Å². The van der Waals surface area contributed by atoms with Gasteiger partial charge in [0.2, 0.25) is 0 Å². The highest BCUT2D eigenvalue weighted by Crippen LogP contribution is 2.28. The van der Waals surface area contributed by atoms with Crippen molar-refractivity contribution in [1.29, 1.82) is 0 Å². The van der Waals surface area contributed by atoms with E-state index in [2.05, 4.69) is 34.3 Å². The highest BCUT2D eigenvalue weighted by molar-refractivity contribution is 7.17. The highest BCUT2D eigenvalue weighted by atomic mass is 32.1. The standard InChI is InChI=1S/2C15H13N3O3S/c2*1-21-10-5-2-9(3-6-10)4-7-11-8-12(13(16)19)14(22-11)18-15(17)20/h2*2-3,5-6,8H,1H3,(H2,16,19)(H3,17,18,20). The molecule has 0 fully saturated rings. The van der Waals surface area contributed by atoms with Crippen LogP contribution in [0.2, 0.25) is 0 Å². The number of rotatable bonds is 6. The van der Waals surface area contributed by atoms with E-state index in [1.54, 1.807) is 38.5 Å². The van der Waals surface area contributed by atoms with Crippen molar-refractivity contribution in [1.82, 2.24) is 0 Å². The minimum atomic E-state index is -0.765. The first-order valence-electron chi connectivity index (χ1n) is 12.3. The van der Waals surface area contributed by atoms with Crippen LogP contribution in [0.5, 0.6) is 11.5 Å². The number of nitrogens with two attached hydrogens (primary N) is 4. The molecule has 0 aliphatic heterocycles. The van der Waals surface area contributed by atoms with Crippen molar-refractivity contribution >= 4 is 56.6 Å². The molecule has 0 unspecified atom stereocenters. The number of thiophene rings is 2. The number of methoxy groups -OCH3 is 2. The number of carbonyl (C=O) groups is 4. The molecular weight excluding hydrogens is 605 g/mol. The van der Waals surface area contributed by atoms with Crippen LogP contribution in [0.15, 0.2) is 60.7 Å². The van der Waals surface area contributed by atoms with Gasteiger partial charge in [-0.25, -0.2) is 9.59 Å². The summed E-state index contributed by atoms with van der Waals surface area (Å²) >= 11 is 2.26. The molecule has 4 rings (SSSR count). The number of nitrogens with one attached hydrogen (secondary N) is 2. The molecule has 0 saturated heterocycles. The Morgan fingerprint density at radius 1 is 0.591 bits per heavy atom. The zero-order chi connectivity index (χ0) is 32.2. The predicted octanol–water partition coefficient (Wildman–Crippen LogP) is 3.49. The van der Waals surface area contributed by atoms with E-state index in [1.807, 2.05) is 24.3 Å². The fraction of sp³-hybridized carbons (Fsp3) is 0.0667. The Morgan fingerprint density at radius 2 is 0.932 bits per heavy atom. The molecule has 4 aromatic rings. The Bertz CT molecular complexity index is 1670. The lowest BCUT2D eigenvalue weighted by atomic mass is 10.2. The summed E-state index contributed by atoms with van der Waals surface area (Å²) in [6.45, 7) is 0. The average molecular weight is 631 g/mol. The van der Waals surface area contributed by atoms with E-state index in [9.17, 15) is 19.2 Å². The second-order valence-corrected chi connectivity index (χ2v) is 10.5. The van der Waals surface area contributed by atoms with Crippen molar-refractivity contribution < 1.29 is 28.7 Å². The number of primary amides is 4. The third-order valence-corrected chi connectivity index (χ3v) is 7.24. The lowest BCUT2D eigenvalue weighted by molar-refractivity contribution is 0.0993. The Hall–Kier alpha value is -5.96. The van der Waals surface area contributed by atoms with E-state index in [-0.39, 0.29) is 11.1 Å². The Kier molecular flexibility index (Phi) is 11.3. The molecule has 224 valence electrons. The maximum absolute atomic E-state index is 11.3. The fourth-order valence-electron chi connectivity index (χ4n) is 3.30. The molecule has 10 N–H and O–H groups in total. The lowest BCUT2D eigenvalue weighted by Crippen LogP contribution is -2.21. The van der Waals surface area contributed by atoms with E-state index >= 15 is 0 Å². The molecule has 14 heteroatoms. The molecule has 0 radical (unpaired) electrons. The van der Waals surface area contributed by atoms with Gasteiger partial charge in [0.1, 0.15) is 21.5 Å². The van der Waals surface area contributed by atoms with Gasteiger partial charge >= 0.3 is 12.1 Å². The molecular formula is C30H26N6O6S2. The van der Waals surface area contributed by atoms with Crippen LogP contribution in [-0.4, -0.2) is 38.1 Å². The number of benzene rings is 2. The maximum Gasteiger partial charge on any atom is 0.317 e. The summed E-state index contributed by atoms with van der Waals surface area (Å²) in [5.74, 6) is 11.9. The molecule has 0 aliphatic rings. The van der Waals surface area contributed by atoms with Gasteiger partial charge in [-0.2, -0.15) is 0 Å². The molecule has 2 heterocycles. The zero-order valence-electron chi connectivity index (χ0n) is 23.3. The first-order chi connectivity index (χ1) is 21.0. The zero-order valence-corrected chi connectivity index (χ0v) is 25.0. The van der Waals surface area contributed by atoms with Crippen molar-refractivity contribution in [3.63, 3.8) is 0 Å². The van der Waals surface area contributed by atoms with Crippen LogP contribution in [0.4, 0.5) is 19.6 Å². The van der Waals surface area contributed by atoms with Gasteiger partial charge < -0.3 is 32.4 Å². The first kappa shape index (κ1) is 32.6. The topological polar surface area (TPSA) is 215 Å². The van der Waals surface area contributed by atoms with Gasteiger partial charge in [0.15, 0.2) is 0 Å². The van der Waals surface area contributed by atoms with Gasteiger partial charge in [-0.05, 0) is 60.7 Å². The Morgan fingerprint density at radius 3 is 1.20 bits per heavy atom. The van der Waals surface area contributed by atoms with Crippen LogP contribution < -0.4 is 43.0 Å². The molecule has 6 amide bonds. The number of hydrogen-bond donors (Lipinski definition) is 6. The third kappa shape index (κ3) is 9.56. The number of carbonyl (C=O) groups excluding carboxylic acids is 4. The second kappa shape index (κ2) is 15.3. The molecule has 0 bridgehead atoms. The normalized spacial score (nSPS) is 9.50. The minimum Gasteiger partial charge on any atom is -0.497 e. The maximum atomic E-state index is 11.3. The Balaban J connectivity index is 0.000000240. The average Bonchev–Trinajstić information content (AvgIpc) is 3.59. The largest absolute Gasteiger partial charge is 0.497 e. The smallest absolute Gasteiger partial charge is 0.317 e. The van der Waals surface area contributed by atoms with Gasteiger partial charge in [0, 0.05) is 11.1 Å². The van der Waals surface area contributed by atoms with E-state index in [4.69, 9.17) is 32.4 Å². The van der Waals surface area contributed by atoms with Gasteiger partial charge in [0.25, 0.3) is 11.8 Å². The quantitative estimate of drug-likeness (QED) is 0.175. The van der Waals surface area contributed by atoms with E-state index < -0.39 is 23.9 Å². The number of hydrogen-bond acceptors (Lipinski definition) is 8. The molecule has 2 aromatic carbocycles. The van der Waals surface area contributed by atoms with Gasteiger partial charge in [-0.1, -0.05) is 23.7 Å². The van der Waals surface area contributed by atoms with Gasteiger partial charge in [-0.15, -0.1) is 22.7 Å². The molecule has 0 spiro atoms. The van der Waals surface area contributed by atoms with Crippen LogP contribution in [-0.2, 0) is 0 Å². The third-order valence-electron chi connectivity index (χ3n) is 5.31. The Labute approximate surface area is 260 Å². The summed E-state index contributed by atoms with van der Waals surface area (Å²) in [6, 6.07) is 16.0. The second-order valence-electron chi connectivity index (χ2n) is 8.37. The van der Waals surface area contributed by atoms with Crippen LogP contribution in [0.1, 0.15) is 41.6 Å². The molecule has 0 aliphatic carbocycles. The monoisotopic (exact) mass is 630 g/mol. The van der Waals surface area contributed by atoms with Crippen LogP contribution in [0, 0.1) is 23.7 Å². The van der Waals surface area contributed by atoms with Crippen molar-refractivity contribution in [3.8, 4) is 35.2 Å². The summed E-state index contributed by atoms with van der Waals surface area (Å²) in [6.07, 6.45) is 0. The van der Waals surface area contributed by atoms with E-state index in [0.717, 1.165) is 45.3 Å². The highest BCUT2D eigenvalue weighted by Gasteiger charge is 2.15. The molecule has 0 saturated carbocycles. The summed E-state index contributed by atoms with van der Waals surface area (Å²) in [5.41, 5.74) is 22.6. The number of ether oxygens (including phenoxy) is 2. The van der Waals surface area contributed by atoms with Crippen LogP contribution in [0.25, 0.3) is 0 Å². The molecule has 2 aromatic heterocycles. The van der Waals surface area contributed by atoms with Crippen LogP contribution in [0.3, 0.4) is 0 Å². The van der Waals surface area contributed by atoms with E-state index in [1.165, 1.54) is 12.1 Å². The molecule has 44 heavy (non-hydrogen) atoms. The summed E-state index contributed by atoms with van der Waals surface area (Å²) in [5, 5.41) is 5.30. The summed E-state index contributed by atoms with van der Waals surface area (Å²) in [7, 11) is 3.18.